The Kier molecular flexibility index (Phi) is 3.75. The normalized spacial score (nSPS) is 11.5. The molecule has 0 fully saturated rings. The molecular weight excluding hydrogens is 288 g/mol. The van der Waals surface area contributed by atoms with Crippen LogP contribution >= 0.6 is 39.0 Å². The lowest BCUT2D eigenvalue weighted by atomic mass is 10.2. The molecule has 0 saturated heterocycles. The molecule has 2 aromatic rings. The molecule has 0 aliphatic carbocycles. The number of rotatable bonds is 3. The molecule has 0 N–H and O–H groups in total. The summed E-state index contributed by atoms with van der Waals surface area (Å²) < 4.78 is 2.55. The lowest BCUT2D eigenvalue weighted by Crippen LogP contribution is -1.85. The molecule has 0 saturated carbocycles. The molecule has 0 aliphatic heterocycles. The Morgan fingerprint density at radius 1 is 1.33 bits per heavy atom. The largest absolute Gasteiger partial charge is 0.154 e. The van der Waals surface area contributed by atoms with Gasteiger partial charge in [-0.15, -0.1) is 11.3 Å². The van der Waals surface area contributed by atoms with E-state index in [2.05, 4.69) is 54.0 Å². The second kappa shape index (κ2) is 4.89. The van der Waals surface area contributed by atoms with Crippen molar-refractivity contribution >= 4 is 49.1 Å². The van der Waals surface area contributed by atoms with Gasteiger partial charge < -0.3 is 0 Å². The van der Waals surface area contributed by atoms with Gasteiger partial charge in [-0.3, -0.25) is 0 Å². The second-order valence-corrected chi connectivity index (χ2v) is 7.40. The van der Waals surface area contributed by atoms with Crippen LogP contribution in [0.25, 0.3) is 10.1 Å². The molecule has 2 rings (SSSR count). The first-order valence-electron chi connectivity index (χ1n) is 4.95. The average molecular weight is 301 g/mol. The van der Waals surface area contributed by atoms with Gasteiger partial charge in [-0.2, -0.15) is 11.8 Å². The molecule has 0 spiro atoms. The van der Waals surface area contributed by atoms with E-state index in [4.69, 9.17) is 0 Å². The summed E-state index contributed by atoms with van der Waals surface area (Å²) in [4.78, 5) is 1.47. The highest BCUT2D eigenvalue weighted by atomic mass is 79.9. The second-order valence-electron chi connectivity index (χ2n) is 3.75. The number of benzene rings is 1. The minimum atomic E-state index is 0.710. The van der Waals surface area contributed by atoms with Crippen molar-refractivity contribution in [1.82, 2.24) is 0 Å². The van der Waals surface area contributed by atoms with E-state index < -0.39 is 0 Å². The topological polar surface area (TPSA) is 0 Å². The van der Waals surface area contributed by atoms with Crippen LogP contribution < -0.4 is 0 Å². The van der Waals surface area contributed by atoms with Gasteiger partial charge in [0.2, 0.25) is 0 Å². The summed E-state index contributed by atoms with van der Waals surface area (Å²) >= 11 is 7.41. The zero-order chi connectivity index (χ0) is 10.8. The Morgan fingerprint density at radius 2 is 2.13 bits per heavy atom. The van der Waals surface area contributed by atoms with Crippen LogP contribution in [0.2, 0.25) is 0 Å². The van der Waals surface area contributed by atoms with Crippen molar-refractivity contribution in [2.24, 2.45) is 0 Å². The molecular formula is C12H13BrS2. The van der Waals surface area contributed by atoms with Crippen LogP contribution in [0.15, 0.2) is 28.7 Å². The first-order chi connectivity index (χ1) is 7.15. The van der Waals surface area contributed by atoms with Crippen molar-refractivity contribution in [2.45, 2.75) is 24.9 Å². The number of halogens is 1. The van der Waals surface area contributed by atoms with E-state index in [0.29, 0.717) is 5.25 Å². The van der Waals surface area contributed by atoms with Gasteiger partial charge in [-0.1, -0.05) is 35.8 Å². The Bertz CT molecular complexity index is 460. The van der Waals surface area contributed by atoms with Crippen LogP contribution in [0, 0.1) is 0 Å². The molecule has 0 radical (unpaired) electrons. The van der Waals surface area contributed by atoms with Gasteiger partial charge >= 0.3 is 0 Å². The number of hydrogen-bond acceptors (Lipinski definition) is 2. The summed E-state index contributed by atoms with van der Waals surface area (Å²) in [5, 5.41) is 2.07. The summed E-state index contributed by atoms with van der Waals surface area (Å²) in [6.07, 6.45) is 0. The average Bonchev–Trinajstić information content (AvgIpc) is 2.56. The van der Waals surface area contributed by atoms with E-state index >= 15 is 0 Å². The van der Waals surface area contributed by atoms with Crippen LogP contribution in [0.5, 0.6) is 0 Å². The van der Waals surface area contributed by atoms with Crippen LogP contribution in [0.1, 0.15) is 18.7 Å². The zero-order valence-electron chi connectivity index (χ0n) is 8.79. The van der Waals surface area contributed by atoms with E-state index in [1.54, 1.807) is 0 Å². The molecule has 0 aliphatic rings. The predicted molar refractivity (Wildman–Crippen MR) is 76.0 cm³/mol. The fraction of sp³-hybridized carbons (Fsp3) is 0.333. The third kappa shape index (κ3) is 2.99. The lowest BCUT2D eigenvalue weighted by Gasteiger charge is -2.00. The van der Waals surface area contributed by atoms with Crippen molar-refractivity contribution in [1.29, 1.82) is 0 Å². The van der Waals surface area contributed by atoms with Crippen LogP contribution in [0.4, 0.5) is 0 Å². The smallest absolute Gasteiger partial charge is 0.0357 e. The molecule has 15 heavy (non-hydrogen) atoms. The number of thioether (sulfide) groups is 1. The van der Waals surface area contributed by atoms with E-state index in [0.717, 1.165) is 5.75 Å². The molecule has 1 heterocycles. The van der Waals surface area contributed by atoms with Gasteiger partial charge in [0.1, 0.15) is 0 Å². The minimum absolute atomic E-state index is 0.710. The summed E-state index contributed by atoms with van der Waals surface area (Å²) in [7, 11) is 0. The number of thiophene rings is 1. The van der Waals surface area contributed by atoms with Gasteiger partial charge in [0, 0.05) is 19.8 Å². The van der Waals surface area contributed by atoms with E-state index in [1.807, 2.05) is 23.1 Å². The maximum Gasteiger partial charge on any atom is 0.0357 e. The molecule has 0 nitrogen and oxygen atoms in total. The van der Waals surface area contributed by atoms with Gasteiger partial charge in [0.25, 0.3) is 0 Å². The van der Waals surface area contributed by atoms with Gasteiger partial charge in [-0.05, 0) is 28.8 Å². The number of fused-ring (bicyclic) bond motifs is 1. The Hall–Kier alpha value is 0.01000. The zero-order valence-corrected chi connectivity index (χ0v) is 12.0. The maximum atomic E-state index is 3.51. The summed E-state index contributed by atoms with van der Waals surface area (Å²) in [6.45, 7) is 4.49. The fourth-order valence-electron chi connectivity index (χ4n) is 1.38. The molecule has 0 bridgehead atoms. The minimum Gasteiger partial charge on any atom is -0.154 e. The molecule has 1 aromatic carbocycles. The molecule has 80 valence electrons. The van der Waals surface area contributed by atoms with Gasteiger partial charge in [0.15, 0.2) is 0 Å². The van der Waals surface area contributed by atoms with Crippen molar-refractivity contribution in [2.75, 3.05) is 0 Å². The van der Waals surface area contributed by atoms with Crippen molar-refractivity contribution in [3.8, 4) is 0 Å². The van der Waals surface area contributed by atoms with Crippen molar-refractivity contribution in [3.05, 3.63) is 33.6 Å². The Labute approximate surface area is 107 Å². The third-order valence-corrected chi connectivity index (χ3v) is 5.01. The third-order valence-electron chi connectivity index (χ3n) is 2.09. The first kappa shape index (κ1) is 11.5. The van der Waals surface area contributed by atoms with E-state index in [1.165, 1.54) is 19.4 Å². The standard InChI is InChI=1S/C12H13BrS2/c1-8(2)14-7-11-5-9-3-4-10(13)6-12(9)15-11/h3-6,8H,7H2,1-2H3. The van der Waals surface area contributed by atoms with E-state index in [-0.39, 0.29) is 0 Å². The predicted octanol–water partition coefficient (Wildman–Crippen LogP) is 5.31. The highest BCUT2D eigenvalue weighted by molar-refractivity contribution is 9.10. The molecule has 1 aromatic heterocycles. The summed E-state index contributed by atoms with van der Waals surface area (Å²) in [5.41, 5.74) is 0. The fourth-order valence-corrected chi connectivity index (χ4v) is 3.81. The van der Waals surface area contributed by atoms with Crippen LogP contribution in [-0.2, 0) is 5.75 Å². The SMILES string of the molecule is CC(C)SCc1cc2ccc(Br)cc2s1. The Morgan fingerprint density at radius 3 is 2.87 bits per heavy atom. The highest BCUT2D eigenvalue weighted by Gasteiger charge is 2.03. The Balaban J connectivity index is 2.23. The quantitative estimate of drug-likeness (QED) is 0.740. The molecule has 0 atom stereocenters. The maximum absolute atomic E-state index is 3.51. The van der Waals surface area contributed by atoms with Crippen LogP contribution in [0.3, 0.4) is 0 Å². The lowest BCUT2D eigenvalue weighted by molar-refractivity contribution is 1.11. The molecule has 0 unspecified atom stereocenters. The summed E-state index contributed by atoms with van der Waals surface area (Å²) in [6, 6.07) is 8.79. The highest BCUT2D eigenvalue weighted by Crippen LogP contribution is 2.31. The molecule has 3 heteroatoms. The van der Waals surface area contributed by atoms with Crippen molar-refractivity contribution < 1.29 is 0 Å². The summed E-state index contributed by atoms with van der Waals surface area (Å²) in [5.74, 6) is 1.13. The van der Waals surface area contributed by atoms with E-state index in [9.17, 15) is 0 Å². The molecule has 0 amide bonds. The first-order valence-corrected chi connectivity index (χ1v) is 7.60. The van der Waals surface area contributed by atoms with Crippen molar-refractivity contribution in [3.63, 3.8) is 0 Å². The van der Waals surface area contributed by atoms with Gasteiger partial charge in [-0.25, -0.2) is 0 Å². The monoisotopic (exact) mass is 300 g/mol. The van der Waals surface area contributed by atoms with Gasteiger partial charge in [0.05, 0.1) is 0 Å². The number of hydrogen-bond donors (Lipinski definition) is 0. The van der Waals surface area contributed by atoms with Crippen LogP contribution in [-0.4, -0.2) is 5.25 Å².